The van der Waals surface area contributed by atoms with Gasteiger partial charge in [0.15, 0.2) is 5.96 Å². The molecule has 0 aliphatic carbocycles. The molecule has 9 nitrogen and oxygen atoms in total. The van der Waals surface area contributed by atoms with Crippen molar-refractivity contribution in [3.63, 3.8) is 0 Å². The Labute approximate surface area is 204 Å². The molecule has 182 valence electrons. The molecule has 1 aliphatic heterocycles. The van der Waals surface area contributed by atoms with Gasteiger partial charge in [-0.05, 0) is 40.5 Å². The molecule has 1 heterocycles. The Morgan fingerprint density at radius 3 is 2.11 bits per heavy atom. The van der Waals surface area contributed by atoms with Crippen LogP contribution in [-0.4, -0.2) is 60.5 Å². The minimum Gasteiger partial charge on any atom is -0.370 e. The number of carbonyl (C=O) groups is 2. The summed E-state index contributed by atoms with van der Waals surface area (Å²) >= 11 is 0. The number of rotatable bonds is 6. The number of urea groups is 2. The summed E-state index contributed by atoms with van der Waals surface area (Å²) in [5.41, 5.74) is 13.6. The molecular formula is C26H31N7O2. The van der Waals surface area contributed by atoms with Crippen LogP contribution in [0.5, 0.6) is 0 Å². The summed E-state index contributed by atoms with van der Waals surface area (Å²) in [4.78, 5) is 32.6. The zero-order chi connectivity index (χ0) is 24.6. The summed E-state index contributed by atoms with van der Waals surface area (Å²) in [6.07, 6.45) is 0.766. The van der Waals surface area contributed by atoms with E-state index in [0.717, 1.165) is 12.0 Å². The Balaban J connectivity index is 1.18. The van der Waals surface area contributed by atoms with E-state index >= 15 is 0 Å². The Bertz CT molecular complexity index is 1190. The molecule has 3 aromatic carbocycles. The number of hydrogen-bond donors (Lipinski definition) is 4. The highest BCUT2D eigenvalue weighted by Crippen LogP contribution is 2.18. The summed E-state index contributed by atoms with van der Waals surface area (Å²) < 4.78 is 0. The number of fused-ring (bicyclic) bond motifs is 1. The van der Waals surface area contributed by atoms with E-state index in [1.54, 1.807) is 21.9 Å². The summed E-state index contributed by atoms with van der Waals surface area (Å²) in [7, 11) is 0. The largest absolute Gasteiger partial charge is 0.370 e. The van der Waals surface area contributed by atoms with Crippen molar-refractivity contribution >= 4 is 34.5 Å². The van der Waals surface area contributed by atoms with Gasteiger partial charge < -0.3 is 31.9 Å². The lowest BCUT2D eigenvalue weighted by Gasteiger charge is -2.34. The van der Waals surface area contributed by atoms with Gasteiger partial charge >= 0.3 is 12.1 Å². The molecule has 0 unspecified atom stereocenters. The summed E-state index contributed by atoms with van der Waals surface area (Å²) in [6.45, 7) is 2.95. The third-order valence-corrected chi connectivity index (χ3v) is 6.04. The van der Waals surface area contributed by atoms with Gasteiger partial charge in [0.25, 0.3) is 0 Å². The van der Waals surface area contributed by atoms with Crippen molar-refractivity contribution in [3.8, 4) is 0 Å². The van der Waals surface area contributed by atoms with Crippen molar-refractivity contribution in [3.05, 3.63) is 77.9 Å². The standard InChI is InChI=1S/C26H31N7O2/c27-24(28)31-22-10-8-19(9-11-22)18-30-26(35)33-16-14-32(15-17-33)25(34)29-13-12-21-6-3-5-20-4-1-2-7-23(20)21/h1-11H,12-18H2,(H,29,34)(H,30,35)(H4,27,28,31). The molecule has 0 bridgehead atoms. The predicted octanol–water partition coefficient (Wildman–Crippen LogP) is 2.52. The fraction of sp³-hybridized carbons (Fsp3) is 0.269. The second kappa shape index (κ2) is 11.2. The van der Waals surface area contributed by atoms with Gasteiger partial charge in [-0.1, -0.05) is 54.6 Å². The van der Waals surface area contributed by atoms with Crippen LogP contribution in [0.4, 0.5) is 15.3 Å². The molecule has 4 amide bonds. The van der Waals surface area contributed by atoms with Crippen molar-refractivity contribution in [2.45, 2.75) is 13.0 Å². The first kappa shape index (κ1) is 23.9. The van der Waals surface area contributed by atoms with Crippen LogP contribution >= 0.6 is 0 Å². The van der Waals surface area contributed by atoms with Crippen LogP contribution in [0.25, 0.3) is 10.8 Å². The number of amides is 4. The zero-order valence-corrected chi connectivity index (χ0v) is 19.6. The number of nitrogens with one attached hydrogen (secondary N) is 2. The zero-order valence-electron chi connectivity index (χ0n) is 19.6. The van der Waals surface area contributed by atoms with Gasteiger partial charge in [0.05, 0.1) is 5.69 Å². The molecule has 1 fully saturated rings. The first-order chi connectivity index (χ1) is 17.0. The smallest absolute Gasteiger partial charge is 0.317 e. The number of guanidine groups is 1. The molecule has 1 aliphatic rings. The lowest BCUT2D eigenvalue weighted by atomic mass is 10.0. The third-order valence-electron chi connectivity index (χ3n) is 6.04. The highest BCUT2D eigenvalue weighted by Gasteiger charge is 2.23. The van der Waals surface area contributed by atoms with Crippen molar-refractivity contribution < 1.29 is 9.59 Å². The average Bonchev–Trinajstić information content (AvgIpc) is 2.88. The number of nitrogens with zero attached hydrogens (tertiary/aromatic N) is 3. The SMILES string of the molecule is NC(N)=Nc1ccc(CNC(=O)N2CCN(C(=O)NCCc3cccc4ccccc34)CC2)cc1. The Hall–Kier alpha value is -4.27. The molecule has 0 saturated carbocycles. The molecule has 6 N–H and O–H groups in total. The van der Waals surface area contributed by atoms with E-state index in [1.807, 2.05) is 30.3 Å². The highest BCUT2D eigenvalue weighted by molar-refractivity contribution is 5.85. The van der Waals surface area contributed by atoms with Crippen molar-refractivity contribution in [2.75, 3.05) is 32.7 Å². The molecule has 0 radical (unpaired) electrons. The number of nitrogens with two attached hydrogens (primary N) is 2. The first-order valence-corrected chi connectivity index (χ1v) is 11.7. The van der Waals surface area contributed by atoms with Crippen molar-refractivity contribution in [1.29, 1.82) is 0 Å². The second-order valence-corrected chi connectivity index (χ2v) is 8.46. The molecule has 0 atom stereocenters. The number of carbonyl (C=O) groups excluding carboxylic acids is 2. The maximum absolute atomic E-state index is 12.6. The summed E-state index contributed by atoms with van der Waals surface area (Å²) in [5, 5.41) is 8.36. The van der Waals surface area contributed by atoms with Crippen LogP contribution in [0.15, 0.2) is 71.7 Å². The van der Waals surface area contributed by atoms with Gasteiger partial charge in [0.1, 0.15) is 0 Å². The van der Waals surface area contributed by atoms with Gasteiger partial charge in [0.2, 0.25) is 0 Å². The summed E-state index contributed by atoms with van der Waals surface area (Å²) in [5.74, 6) is 0.00342. The molecule has 9 heteroatoms. The normalized spacial score (nSPS) is 13.4. The first-order valence-electron chi connectivity index (χ1n) is 11.7. The minimum absolute atomic E-state index is 0.00342. The van der Waals surface area contributed by atoms with E-state index in [0.29, 0.717) is 45.0 Å². The number of hydrogen-bond acceptors (Lipinski definition) is 3. The van der Waals surface area contributed by atoms with E-state index in [1.165, 1.54) is 16.3 Å². The van der Waals surface area contributed by atoms with Crippen LogP contribution in [-0.2, 0) is 13.0 Å². The molecule has 4 rings (SSSR count). The Morgan fingerprint density at radius 1 is 0.800 bits per heavy atom. The fourth-order valence-electron chi connectivity index (χ4n) is 4.17. The highest BCUT2D eigenvalue weighted by atomic mass is 16.2. The maximum atomic E-state index is 12.6. The molecule has 1 saturated heterocycles. The van der Waals surface area contributed by atoms with Crippen LogP contribution in [0, 0.1) is 0 Å². The maximum Gasteiger partial charge on any atom is 0.317 e. The van der Waals surface area contributed by atoms with Gasteiger partial charge in [0, 0.05) is 39.3 Å². The van der Waals surface area contributed by atoms with Crippen LogP contribution in [0.2, 0.25) is 0 Å². The lowest BCUT2D eigenvalue weighted by molar-refractivity contribution is 0.142. The number of aliphatic imine (C=N–C) groups is 1. The molecular weight excluding hydrogens is 442 g/mol. The van der Waals surface area contributed by atoms with E-state index in [-0.39, 0.29) is 18.0 Å². The number of benzene rings is 3. The quantitative estimate of drug-likeness (QED) is 0.324. The lowest BCUT2D eigenvalue weighted by Crippen LogP contribution is -2.55. The monoisotopic (exact) mass is 473 g/mol. The number of piperazine rings is 1. The molecule has 0 spiro atoms. The van der Waals surface area contributed by atoms with Crippen molar-refractivity contribution in [1.82, 2.24) is 20.4 Å². The van der Waals surface area contributed by atoms with E-state index < -0.39 is 0 Å². The minimum atomic E-state index is -0.144. The summed E-state index contributed by atoms with van der Waals surface area (Å²) in [6, 6.07) is 21.6. The predicted molar refractivity (Wildman–Crippen MR) is 138 cm³/mol. The van der Waals surface area contributed by atoms with Crippen LogP contribution in [0.1, 0.15) is 11.1 Å². The molecule has 35 heavy (non-hydrogen) atoms. The fourth-order valence-corrected chi connectivity index (χ4v) is 4.17. The van der Waals surface area contributed by atoms with Crippen molar-refractivity contribution in [2.24, 2.45) is 16.5 Å². The van der Waals surface area contributed by atoms with Crippen LogP contribution < -0.4 is 22.1 Å². The van der Waals surface area contributed by atoms with E-state index in [9.17, 15) is 9.59 Å². The van der Waals surface area contributed by atoms with E-state index in [2.05, 4.69) is 39.9 Å². The van der Waals surface area contributed by atoms with Gasteiger partial charge in [-0.25, -0.2) is 14.6 Å². The van der Waals surface area contributed by atoms with Gasteiger partial charge in [-0.2, -0.15) is 0 Å². The van der Waals surface area contributed by atoms with E-state index in [4.69, 9.17) is 11.5 Å². The third kappa shape index (κ3) is 6.41. The van der Waals surface area contributed by atoms with Gasteiger partial charge in [-0.3, -0.25) is 0 Å². The second-order valence-electron chi connectivity index (χ2n) is 8.46. The average molecular weight is 474 g/mol. The topological polar surface area (TPSA) is 129 Å². The van der Waals surface area contributed by atoms with Gasteiger partial charge in [-0.15, -0.1) is 0 Å². The molecule has 3 aromatic rings. The molecule has 0 aromatic heterocycles. The Morgan fingerprint density at radius 2 is 1.43 bits per heavy atom. The van der Waals surface area contributed by atoms with Crippen LogP contribution in [0.3, 0.4) is 0 Å². The Kier molecular flexibility index (Phi) is 7.67.